The zero-order valence-corrected chi connectivity index (χ0v) is 11.2. The number of nitrogens with zero attached hydrogens (tertiary/aromatic N) is 2. The molecule has 0 saturated carbocycles. The second kappa shape index (κ2) is 6.49. The molecule has 1 saturated heterocycles. The zero-order valence-electron chi connectivity index (χ0n) is 11.2. The molecule has 19 heavy (non-hydrogen) atoms. The monoisotopic (exact) mass is 263 g/mol. The Labute approximate surface area is 113 Å². The van der Waals surface area contributed by atoms with Crippen molar-refractivity contribution in [2.45, 2.75) is 13.3 Å². The summed E-state index contributed by atoms with van der Waals surface area (Å²) in [6, 6.07) is 3.40. The summed E-state index contributed by atoms with van der Waals surface area (Å²) in [4.78, 5) is 18.4. The molecule has 0 aliphatic carbocycles. The van der Waals surface area contributed by atoms with Crippen molar-refractivity contribution in [3.8, 4) is 0 Å². The molecule has 1 amide bonds. The van der Waals surface area contributed by atoms with Crippen LogP contribution in [0.2, 0.25) is 0 Å². The smallest absolute Gasteiger partial charge is 0.269 e. The number of rotatable bonds is 5. The van der Waals surface area contributed by atoms with Gasteiger partial charge in [-0.2, -0.15) is 0 Å². The Morgan fingerprint density at radius 2 is 2.42 bits per heavy atom. The van der Waals surface area contributed by atoms with Crippen molar-refractivity contribution < 1.29 is 4.79 Å². The minimum absolute atomic E-state index is 0.126. The summed E-state index contributed by atoms with van der Waals surface area (Å²) in [5, 5.41) is 2.94. The van der Waals surface area contributed by atoms with Crippen molar-refractivity contribution in [3.63, 3.8) is 0 Å². The normalized spacial score (nSPS) is 19.4. The fourth-order valence-electron chi connectivity index (χ4n) is 2.31. The summed E-state index contributed by atoms with van der Waals surface area (Å²) in [6.45, 7) is 6.16. The molecule has 0 radical (unpaired) electrons. The Kier molecular flexibility index (Phi) is 4.70. The zero-order chi connectivity index (χ0) is 13.7. The van der Waals surface area contributed by atoms with Crippen LogP contribution < -0.4 is 16.6 Å². The predicted molar refractivity (Wildman–Crippen MR) is 74.6 cm³/mol. The van der Waals surface area contributed by atoms with Gasteiger partial charge in [-0.15, -0.1) is 0 Å². The van der Waals surface area contributed by atoms with E-state index in [-0.39, 0.29) is 5.91 Å². The first kappa shape index (κ1) is 13.8. The van der Waals surface area contributed by atoms with Gasteiger partial charge in [0.2, 0.25) is 0 Å². The quantitative estimate of drug-likeness (QED) is 0.530. The Bertz CT molecular complexity index is 420. The number of anilines is 1. The predicted octanol–water partition coefficient (Wildman–Crippen LogP) is 0.439. The van der Waals surface area contributed by atoms with Crippen LogP contribution in [0.4, 0.5) is 5.69 Å². The van der Waals surface area contributed by atoms with Crippen molar-refractivity contribution in [1.82, 2.24) is 15.2 Å². The van der Waals surface area contributed by atoms with Crippen LogP contribution in [0.5, 0.6) is 0 Å². The van der Waals surface area contributed by atoms with E-state index in [0.717, 1.165) is 26.1 Å². The van der Waals surface area contributed by atoms with Gasteiger partial charge in [0.05, 0.1) is 11.9 Å². The van der Waals surface area contributed by atoms with Gasteiger partial charge in [0.25, 0.3) is 5.91 Å². The number of hydrogen-bond donors (Lipinski definition) is 3. The third kappa shape index (κ3) is 3.65. The van der Waals surface area contributed by atoms with Crippen LogP contribution in [0, 0.1) is 5.92 Å². The second-order valence-electron chi connectivity index (χ2n) is 4.83. The molecule has 1 aromatic rings. The first-order chi connectivity index (χ1) is 9.22. The molecule has 1 aliphatic heterocycles. The lowest BCUT2D eigenvalue weighted by Crippen LogP contribution is -2.31. The minimum Gasteiger partial charge on any atom is -0.350 e. The maximum atomic E-state index is 11.9. The largest absolute Gasteiger partial charge is 0.350 e. The van der Waals surface area contributed by atoms with Crippen molar-refractivity contribution in [2.24, 2.45) is 11.8 Å². The van der Waals surface area contributed by atoms with Gasteiger partial charge in [0.1, 0.15) is 5.69 Å². The van der Waals surface area contributed by atoms with Crippen molar-refractivity contribution in [3.05, 3.63) is 24.0 Å². The van der Waals surface area contributed by atoms with Crippen LogP contribution in [-0.4, -0.2) is 42.0 Å². The van der Waals surface area contributed by atoms with Crippen LogP contribution in [0.3, 0.4) is 0 Å². The Hall–Kier alpha value is -1.66. The number of carbonyl (C=O) groups is 1. The van der Waals surface area contributed by atoms with Gasteiger partial charge in [-0.05, 0) is 37.6 Å². The summed E-state index contributed by atoms with van der Waals surface area (Å²) in [5.41, 5.74) is 3.59. The van der Waals surface area contributed by atoms with E-state index in [1.807, 2.05) is 0 Å². The van der Waals surface area contributed by atoms with Gasteiger partial charge in [-0.1, -0.05) is 6.92 Å². The summed E-state index contributed by atoms with van der Waals surface area (Å²) in [5.74, 6) is 5.67. The number of amides is 1. The van der Waals surface area contributed by atoms with Gasteiger partial charge in [-0.3, -0.25) is 10.6 Å². The molecule has 6 nitrogen and oxygen atoms in total. The summed E-state index contributed by atoms with van der Waals surface area (Å²) in [7, 11) is 0. The Morgan fingerprint density at radius 3 is 3.00 bits per heavy atom. The van der Waals surface area contributed by atoms with Crippen LogP contribution in [0.25, 0.3) is 0 Å². The fourth-order valence-corrected chi connectivity index (χ4v) is 2.31. The molecule has 0 bridgehead atoms. The van der Waals surface area contributed by atoms with Gasteiger partial charge in [0.15, 0.2) is 0 Å². The maximum absolute atomic E-state index is 11.9. The van der Waals surface area contributed by atoms with E-state index in [1.165, 1.54) is 0 Å². The van der Waals surface area contributed by atoms with Gasteiger partial charge >= 0.3 is 0 Å². The van der Waals surface area contributed by atoms with Crippen LogP contribution in [0.1, 0.15) is 23.8 Å². The number of hydrazine groups is 1. The second-order valence-corrected chi connectivity index (χ2v) is 4.83. The molecule has 104 valence electrons. The highest BCUT2D eigenvalue weighted by Crippen LogP contribution is 2.14. The van der Waals surface area contributed by atoms with Crippen molar-refractivity contribution in [1.29, 1.82) is 0 Å². The van der Waals surface area contributed by atoms with E-state index in [2.05, 4.69) is 27.6 Å². The molecule has 0 aromatic carbocycles. The lowest BCUT2D eigenvalue weighted by Gasteiger charge is -2.13. The molecule has 2 rings (SSSR count). The van der Waals surface area contributed by atoms with Crippen LogP contribution >= 0.6 is 0 Å². The highest BCUT2D eigenvalue weighted by Gasteiger charge is 2.21. The number of carbonyl (C=O) groups excluding carboxylic acids is 1. The first-order valence-corrected chi connectivity index (χ1v) is 6.66. The van der Waals surface area contributed by atoms with E-state index in [0.29, 0.717) is 23.8 Å². The number of pyridine rings is 1. The molecule has 1 aromatic heterocycles. The van der Waals surface area contributed by atoms with E-state index >= 15 is 0 Å². The molecule has 1 fully saturated rings. The maximum Gasteiger partial charge on any atom is 0.269 e. The molecular formula is C13H21N5O. The fraction of sp³-hybridized carbons (Fsp3) is 0.538. The summed E-state index contributed by atoms with van der Waals surface area (Å²) >= 11 is 0. The number of nitrogens with two attached hydrogens (primary N) is 1. The van der Waals surface area contributed by atoms with Gasteiger partial charge < -0.3 is 15.6 Å². The van der Waals surface area contributed by atoms with E-state index in [4.69, 9.17) is 5.84 Å². The van der Waals surface area contributed by atoms with Gasteiger partial charge in [0, 0.05) is 13.1 Å². The number of nitrogen functional groups attached to an aromatic ring is 1. The lowest BCUT2D eigenvalue weighted by molar-refractivity contribution is 0.0942. The van der Waals surface area contributed by atoms with Crippen LogP contribution in [-0.2, 0) is 0 Å². The Morgan fingerprint density at radius 1 is 1.58 bits per heavy atom. The molecule has 1 atom stereocenters. The summed E-state index contributed by atoms with van der Waals surface area (Å²) in [6.07, 6.45) is 2.70. The van der Waals surface area contributed by atoms with Crippen molar-refractivity contribution in [2.75, 3.05) is 31.6 Å². The first-order valence-electron chi connectivity index (χ1n) is 6.66. The molecule has 4 N–H and O–H groups in total. The van der Waals surface area contributed by atoms with E-state index in [1.54, 1.807) is 18.3 Å². The molecule has 2 heterocycles. The lowest BCUT2D eigenvalue weighted by atomic mass is 10.1. The third-order valence-corrected chi connectivity index (χ3v) is 3.53. The third-order valence-electron chi connectivity index (χ3n) is 3.53. The number of nitrogens with one attached hydrogen (secondary N) is 2. The molecule has 1 aliphatic rings. The van der Waals surface area contributed by atoms with Crippen LogP contribution in [0.15, 0.2) is 18.3 Å². The molecule has 6 heteroatoms. The number of hydrogen-bond acceptors (Lipinski definition) is 5. The van der Waals surface area contributed by atoms with Gasteiger partial charge in [-0.25, -0.2) is 4.98 Å². The SMILES string of the molecule is CCN1CCC(CNC(=O)c2ccc(NN)cn2)C1. The summed E-state index contributed by atoms with van der Waals surface area (Å²) < 4.78 is 0. The number of likely N-dealkylation sites (tertiary alicyclic amines) is 1. The molecule has 1 unspecified atom stereocenters. The highest BCUT2D eigenvalue weighted by molar-refractivity contribution is 5.92. The van der Waals surface area contributed by atoms with E-state index in [9.17, 15) is 4.79 Å². The molecule has 0 spiro atoms. The average molecular weight is 263 g/mol. The molecular weight excluding hydrogens is 242 g/mol. The standard InChI is InChI=1S/C13H21N5O/c1-2-18-6-5-10(9-18)7-16-13(19)12-4-3-11(17-14)8-15-12/h3-4,8,10,17H,2,5-7,9,14H2,1H3,(H,16,19). The number of aromatic nitrogens is 1. The topological polar surface area (TPSA) is 83.3 Å². The van der Waals surface area contributed by atoms with E-state index < -0.39 is 0 Å². The van der Waals surface area contributed by atoms with Crippen molar-refractivity contribution >= 4 is 11.6 Å². The highest BCUT2D eigenvalue weighted by atomic mass is 16.1. The minimum atomic E-state index is -0.126. The average Bonchev–Trinajstić information content (AvgIpc) is 2.93. The Balaban J connectivity index is 1.80.